The van der Waals surface area contributed by atoms with E-state index in [1.807, 2.05) is 13.0 Å². The maximum atomic E-state index is 10.8. The Morgan fingerprint density at radius 3 is 2.90 bits per heavy atom. The van der Waals surface area contributed by atoms with Gasteiger partial charge in [-0.05, 0) is 18.1 Å². The first-order chi connectivity index (χ1) is 10.1. The van der Waals surface area contributed by atoms with Crippen LogP contribution in [0.2, 0.25) is 0 Å². The lowest BCUT2D eigenvalue weighted by Crippen LogP contribution is -2.12. The molecule has 0 radical (unpaired) electrons. The van der Waals surface area contributed by atoms with E-state index in [1.165, 1.54) is 12.1 Å². The molecular formula is C14H16N4O3. The van der Waals surface area contributed by atoms with Crippen molar-refractivity contribution in [3.05, 3.63) is 57.9 Å². The van der Waals surface area contributed by atoms with E-state index in [0.29, 0.717) is 18.1 Å². The largest absolute Gasteiger partial charge is 0.390 e. The number of benzene rings is 1. The predicted octanol–water partition coefficient (Wildman–Crippen LogP) is 2.44. The zero-order chi connectivity index (χ0) is 15.2. The molecule has 7 heteroatoms. The van der Waals surface area contributed by atoms with Crippen molar-refractivity contribution in [3.63, 3.8) is 0 Å². The van der Waals surface area contributed by atoms with Crippen LogP contribution in [0.3, 0.4) is 0 Å². The Kier molecular flexibility index (Phi) is 4.78. The molecule has 110 valence electrons. The Morgan fingerprint density at radius 2 is 2.24 bits per heavy atom. The fourth-order valence-corrected chi connectivity index (χ4v) is 1.99. The van der Waals surface area contributed by atoms with Crippen molar-refractivity contribution in [1.29, 1.82) is 0 Å². The number of rotatable bonds is 6. The molecule has 0 saturated heterocycles. The van der Waals surface area contributed by atoms with Gasteiger partial charge < -0.3 is 10.4 Å². The molecule has 0 aliphatic heterocycles. The molecule has 0 aliphatic carbocycles. The molecule has 1 heterocycles. The topological polar surface area (TPSA) is 101 Å². The average Bonchev–Trinajstić information content (AvgIpc) is 2.53. The van der Waals surface area contributed by atoms with E-state index in [2.05, 4.69) is 15.3 Å². The number of aliphatic hydroxyl groups excluding tert-OH is 1. The fraction of sp³-hybridized carbons (Fsp3) is 0.286. The molecule has 0 aliphatic rings. The van der Waals surface area contributed by atoms with E-state index in [4.69, 9.17) is 5.11 Å². The number of hydrogen-bond donors (Lipinski definition) is 2. The minimum atomic E-state index is -0.418. The first kappa shape index (κ1) is 14.9. The van der Waals surface area contributed by atoms with E-state index >= 15 is 0 Å². The van der Waals surface area contributed by atoms with Crippen molar-refractivity contribution in [3.8, 4) is 0 Å². The van der Waals surface area contributed by atoms with Gasteiger partial charge in [0.15, 0.2) is 0 Å². The number of anilines is 1. The number of nitrogens with zero attached hydrogens (tertiary/aromatic N) is 3. The first-order valence-corrected chi connectivity index (χ1v) is 6.57. The third-order valence-electron chi connectivity index (χ3n) is 3.07. The highest BCUT2D eigenvalue weighted by molar-refractivity contribution is 5.39. The molecule has 7 nitrogen and oxygen atoms in total. The van der Waals surface area contributed by atoms with E-state index in [0.717, 1.165) is 5.56 Å². The molecule has 1 aromatic carbocycles. The summed E-state index contributed by atoms with van der Waals surface area (Å²) in [5, 5.41) is 23.0. The minimum Gasteiger partial charge on any atom is -0.390 e. The van der Waals surface area contributed by atoms with Crippen LogP contribution in [0.25, 0.3) is 0 Å². The summed E-state index contributed by atoms with van der Waals surface area (Å²) in [5.74, 6) is 0.389. The second-order valence-electron chi connectivity index (χ2n) is 4.49. The van der Waals surface area contributed by atoms with E-state index in [-0.39, 0.29) is 18.3 Å². The first-order valence-electron chi connectivity index (χ1n) is 6.57. The van der Waals surface area contributed by atoms with Crippen LogP contribution in [0.4, 0.5) is 11.6 Å². The number of nitro benzene ring substituents is 1. The summed E-state index contributed by atoms with van der Waals surface area (Å²) in [7, 11) is 0. The SMILES string of the molecule is CCC(Nc1nccc(CO)n1)c1cccc([N+](=O)[O-])c1. The number of nitrogens with one attached hydrogen (secondary N) is 1. The van der Waals surface area contributed by atoms with Crippen molar-refractivity contribution in [2.75, 3.05) is 5.32 Å². The molecule has 0 saturated carbocycles. The van der Waals surface area contributed by atoms with Crippen molar-refractivity contribution < 1.29 is 10.0 Å². The van der Waals surface area contributed by atoms with Gasteiger partial charge in [-0.2, -0.15) is 0 Å². The smallest absolute Gasteiger partial charge is 0.269 e. The Morgan fingerprint density at radius 1 is 1.43 bits per heavy atom. The third-order valence-corrected chi connectivity index (χ3v) is 3.07. The molecular weight excluding hydrogens is 272 g/mol. The van der Waals surface area contributed by atoms with Crippen molar-refractivity contribution >= 4 is 11.6 Å². The molecule has 0 amide bonds. The van der Waals surface area contributed by atoms with E-state index < -0.39 is 4.92 Å². The molecule has 1 unspecified atom stereocenters. The molecule has 21 heavy (non-hydrogen) atoms. The Labute approximate surface area is 121 Å². The molecule has 2 N–H and O–H groups in total. The number of nitro groups is 1. The maximum Gasteiger partial charge on any atom is 0.269 e. The molecule has 0 bridgehead atoms. The monoisotopic (exact) mass is 288 g/mol. The average molecular weight is 288 g/mol. The normalized spacial score (nSPS) is 11.9. The van der Waals surface area contributed by atoms with Gasteiger partial charge in [0.05, 0.1) is 23.3 Å². The fourth-order valence-electron chi connectivity index (χ4n) is 1.99. The van der Waals surface area contributed by atoms with Crippen LogP contribution in [-0.4, -0.2) is 20.0 Å². The van der Waals surface area contributed by atoms with Crippen LogP contribution >= 0.6 is 0 Å². The number of aliphatic hydroxyl groups is 1. The summed E-state index contributed by atoms with van der Waals surface area (Å²) in [5.41, 5.74) is 1.36. The van der Waals surface area contributed by atoms with Crippen LogP contribution in [0.15, 0.2) is 36.5 Å². The van der Waals surface area contributed by atoms with Gasteiger partial charge in [0.1, 0.15) is 0 Å². The van der Waals surface area contributed by atoms with Crippen LogP contribution in [0.1, 0.15) is 30.6 Å². The van der Waals surface area contributed by atoms with Crippen molar-refractivity contribution in [2.24, 2.45) is 0 Å². The maximum absolute atomic E-state index is 10.8. The lowest BCUT2D eigenvalue weighted by Gasteiger charge is -2.17. The van der Waals surface area contributed by atoms with E-state index in [1.54, 1.807) is 18.3 Å². The molecule has 1 atom stereocenters. The van der Waals surface area contributed by atoms with Gasteiger partial charge in [-0.25, -0.2) is 9.97 Å². The number of aromatic nitrogens is 2. The lowest BCUT2D eigenvalue weighted by molar-refractivity contribution is -0.384. The standard InChI is InChI=1S/C14H16N4O3/c1-2-13(10-4-3-5-12(8-10)18(20)21)17-14-15-7-6-11(9-19)16-14/h3-8,13,19H,2,9H2,1H3,(H,15,16,17). The van der Waals surface area contributed by atoms with Gasteiger partial charge in [0, 0.05) is 18.3 Å². The van der Waals surface area contributed by atoms with Crippen LogP contribution in [0.5, 0.6) is 0 Å². The Bertz CT molecular complexity index is 633. The summed E-state index contributed by atoms with van der Waals surface area (Å²) in [6, 6.07) is 7.96. The van der Waals surface area contributed by atoms with Gasteiger partial charge in [-0.3, -0.25) is 10.1 Å². The van der Waals surface area contributed by atoms with Gasteiger partial charge in [0.25, 0.3) is 5.69 Å². The molecule has 0 fully saturated rings. The summed E-state index contributed by atoms with van der Waals surface area (Å²) in [6.07, 6.45) is 2.27. The Hall–Kier alpha value is -2.54. The zero-order valence-corrected chi connectivity index (χ0v) is 11.6. The quantitative estimate of drug-likeness (QED) is 0.625. The number of non-ortho nitro benzene ring substituents is 1. The van der Waals surface area contributed by atoms with Crippen molar-refractivity contribution in [2.45, 2.75) is 26.0 Å². The summed E-state index contributed by atoms with van der Waals surface area (Å²) in [6.45, 7) is 1.80. The molecule has 0 spiro atoms. The minimum absolute atomic E-state index is 0.0535. The van der Waals surface area contributed by atoms with Crippen LogP contribution in [0, 0.1) is 10.1 Å². The predicted molar refractivity (Wildman–Crippen MR) is 77.7 cm³/mol. The third kappa shape index (κ3) is 3.73. The summed E-state index contributed by atoms with van der Waals surface area (Å²) < 4.78 is 0. The highest BCUT2D eigenvalue weighted by Gasteiger charge is 2.14. The van der Waals surface area contributed by atoms with Crippen LogP contribution in [-0.2, 0) is 6.61 Å². The van der Waals surface area contributed by atoms with Crippen LogP contribution < -0.4 is 5.32 Å². The highest BCUT2D eigenvalue weighted by Crippen LogP contribution is 2.24. The Balaban J connectivity index is 2.23. The molecule has 2 aromatic rings. The lowest BCUT2D eigenvalue weighted by atomic mass is 10.0. The highest BCUT2D eigenvalue weighted by atomic mass is 16.6. The molecule has 2 rings (SSSR count). The van der Waals surface area contributed by atoms with Gasteiger partial charge >= 0.3 is 0 Å². The second-order valence-corrected chi connectivity index (χ2v) is 4.49. The van der Waals surface area contributed by atoms with Gasteiger partial charge in [-0.15, -0.1) is 0 Å². The van der Waals surface area contributed by atoms with E-state index in [9.17, 15) is 10.1 Å². The second kappa shape index (κ2) is 6.76. The van der Waals surface area contributed by atoms with Gasteiger partial charge in [0.2, 0.25) is 5.95 Å². The van der Waals surface area contributed by atoms with Crippen molar-refractivity contribution in [1.82, 2.24) is 9.97 Å². The number of hydrogen-bond acceptors (Lipinski definition) is 6. The summed E-state index contributed by atoms with van der Waals surface area (Å²) in [4.78, 5) is 18.7. The molecule has 1 aromatic heterocycles. The van der Waals surface area contributed by atoms with Gasteiger partial charge in [-0.1, -0.05) is 19.1 Å². The summed E-state index contributed by atoms with van der Waals surface area (Å²) >= 11 is 0. The zero-order valence-electron chi connectivity index (χ0n) is 11.6.